The van der Waals surface area contributed by atoms with Crippen molar-refractivity contribution in [3.8, 4) is 0 Å². The third kappa shape index (κ3) is 3.75. The van der Waals surface area contributed by atoms with Crippen molar-refractivity contribution < 1.29 is 8.78 Å². The van der Waals surface area contributed by atoms with E-state index in [1.54, 1.807) is 0 Å². The molecule has 1 fully saturated rings. The average Bonchev–Trinajstić information content (AvgIpc) is 2.51. The Hall–Kier alpha value is -1.04. The van der Waals surface area contributed by atoms with Crippen LogP contribution in [-0.4, -0.2) is 49.1 Å². The highest BCUT2D eigenvalue weighted by Gasteiger charge is 2.23. The van der Waals surface area contributed by atoms with Crippen molar-refractivity contribution in [3.05, 3.63) is 35.4 Å². The van der Waals surface area contributed by atoms with Crippen LogP contribution in [-0.2, 0) is 0 Å². The van der Waals surface area contributed by atoms with Gasteiger partial charge in [0.15, 0.2) is 0 Å². The van der Waals surface area contributed by atoms with Gasteiger partial charge in [0.05, 0.1) is 0 Å². The molecule has 2 N–H and O–H groups in total. The average molecular weight is 283 g/mol. The minimum absolute atomic E-state index is 0.385. The molecule has 0 radical (unpaired) electrons. The molecular formula is C15H23F2N3. The summed E-state index contributed by atoms with van der Waals surface area (Å²) < 4.78 is 26.7. The molecule has 0 aromatic heterocycles. The fourth-order valence-electron chi connectivity index (χ4n) is 2.85. The number of benzene rings is 1. The van der Waals surface area contributed by atoms with Gasteiger partial charge in [0.2, 0.25) is 0 Å². The molecule has 20 heavy (non-hydrogen) atoms. The van der Waals surface area contributed by atoms with E-state index >= 15 is 0 Å². The van der Waals surface area contributed by atoms with E-state index in [0.717, 1.165) is 32.1 Å². The van der Waals surface area contributed by atoms with Gasteiger partial charge >= 0.3 is 0 Å². The monoisotopic (exact) mass is 283 g/mol. The number of halogens is 2. The smallest absolute Gasteiger partial charge is 0.130 e. The lowest BCUT2D eigenvalue weighted by Crippen LogP contribution is -2.41. The molecule has 2 atom stereocenters. The van der Waals surface area contributed by atoms with Crippen LogP contribution >= 0.6 is 0 Å². The highest BCUT2D eigenvalue weighted by atomic mass is 19.1. The normalized spacial score (nSPS) is 23.6. The molecule has 112 valence electrons. The second-order valence-corrected chi connectivity index (χ2v) is 5.73. The molecule has 1 aliphatic rings. The summed E-state index contributed by atoms with van der Waals surface area (Å²) in [6.07, 6.45) is 1.08. The third-order valence-electron chi connectivity index (χ3n) is 3.98. The van der Waals surface area contributed by atoms with E-state index in [9.17, 15) is 8.78 Å². The molecule has 1 aliphatic heterocycles. The van der Waals surface area contributed by atoms with Gasteiger partial charge in [0.25, 0.3) is 0 Å². The fourth-order valence-corrected chi connectivity index (χ4v) is 2.85. The van der Waals surface area contributed by atoms with E-state index in [2.05, 4.69) is 23.8 Å². The van der Waals surface area contributed by atoms with Gasteiger partial charge < -0.3 is 10.6 Å². The first-order valence-electron chi connectivity index (χ1n) is 7.10. The standard InChI is InChI=1S/C15H23F2N3/c1-11-9-19(2)6-3-7-20(11)10-15(18)13-5-4-12(16)8-14(13)17/h4-5,8,11,15H,3,6-7,9-10,18H2,1-2H3. The van der Waals surface area contributed by atoms with Gasteiger partial charge in [-0.3, -0.25) is 4.90 Å². The molecule has 0 bridgehead atoms. The second-order valence-electron chi connectivity index (χ2n) is 5.73. The fraction of sp³-hybridized carbons (Fsp3) is 0.600. The summed E-state index contributed by atoms with van der Waals surface area (Å²) in [5, 5.41) is 0. The number of nitrogens with two attached hydrogens (primary N) is 1. The van der Waals surface area contributed by atoms with Gasteiger partial charge in [-0.25, -0.2) is 8.78 Å². The number of likely N-dealkylation sites (N-methyl/N-ethyl adjacent to an activating group) is 1. The largest absolute Gasteiger partial charge is 0.323 e. The Bertz CT molecular complexity index is 453. The van der Waals surface area contributed by atoms with Crippen LogP contribution < -0.4 is 5.73 Å². The zero-order valence-corrected chi connectivity index (χ0v) is 12.1. The number of rotatable bonds is 3. The van der Waals surface area contributed by atoms with Crippen LogP contribution in [0, 0.1) is 11.6 Å². The van der Waals surface area contributed by atoms with Crippen molar-refractivity contribution >= 4 is 0 Å². The zero-order chi connectivity index (χ0) is 14.7. The maximum atomic E-state index is 13.7. The van der Waals surface area contributed by atoms with E-state index in [-0.39, 0.29) is 0 Å². The summed E-state index contributed by atoms with van der Waals surface area (Å²) in [6, 6.07) is 3.56. The predicted octanol–water partition coefficient (Wildman–Crippen LogP) is 1.99. The Kier molecular flexibility index (Phi) is 5.07. The van der Waals surface area contributed by atoms with Gasteiger partial charge in [-0.15, -0.1) is 0 Å². The second kappa shape index (κ2) is 6.61. The molecule has 3 nitrogen and oxygen atoms in total. The van der Waals surface area contributed by atoms with Crippen molar-refractivity contribution in [2.45, 2.75) is 25.4 Å². The quantitative estimate of drug-likeness (QED) is 0.921. The molecule has 0 aliphatic carbocycles. The molecule has 0 saturated carbocycles. The van der Waals surface area contributed by atoms with Crippen molar-refractivity contribution in [2.75, 3.05) is 33.2 Å². The number of hydrogen-bond acceptors (Lipinski definition) is 3. The minimum atomic E-state index is -0.566. The molecule has 1 aromatic rings. The number of nitrogens with zero attached hydrogens (tertiary/aromatic N) is 2. The summed E-state index contributed by atoms with van der Waals surface area (Å²) in [7, 11) is 2.11. The van der Waals surface area contributed by atoms with Crippen molar-refractivity contribution in [3.63, 3.8) is 0 Å². The Morgan fingerprint density at radius 1 is 1.35 bits per heavy atom. The van der Waals surface area contributed by atoms with E-state index in [1.807, 2.05) is 0 Å². The first-order chi connectivity index (χ1) is 9.47. The van der Waals surface area contributed by atoms with E-state index < -0.39 is 17.7 Å². The van der Waals surface area contributed by atoms with Crippen molar-refractivity contribution in [1.29, 1.82) is 0 Å². The minimum Gasteiger partial charge on any atom is -0.323 e. The van der Waals surface area contributed by atoms with Crippen LogP contribution in [0.3, 0.4) is 0 Å². The van der Waals surface area contributed by atoms with E-state index in [0.29, 0.717) is 18.2 Å². The summed E-state index contributed by atoms with van der Waals surface area (Å²) in [5.74, 6) is -1.12. The highest BCUT2D eigenvalue weighted by Crippen LogP contribution is 2.19. The topological polar surface area (TPSA) is 32.5 Å². The van der Waals surface area contributed by atoms with Crippen LogP contribution in [0.4, 0.5) is 8.78 Å². The molecule has 1 aromatic carbocycles. The lowest BCUT2D eigenvalue weighted by Gasteiger charge is -2.30. The van der Waals surface area contributed by atoms with Crippen LogP contribution in [0.2, 0.25) is 0 Å². The lowest BCUT2D eigenvalue weighted by molar-refractivity contribution is 0.191. The van der Waals surface area contributed by atoms with E-state index in [4.69, 9.17) is 5.73 Å². The van der Waals surface area contributed by atoms with Crippen LogP contribution in [0.1, 0.15) is 24.9 Å². The van der Waals surface area contributed by atoms with Gasteiger partial charge in [-0.2, -0.15) is 0 Å². The third-order valence-corrected chi connectivity index (χ3v) is 3.98. The Morgan fingerprint density at radius 2 is 2.10 bits per heavy atom. The maximum Gasteiger partial charge on any atom is 0.130 e. The summed E-state index contributed by atoms with van der Waals surface area (Å²) >= 11 is 0. The highest BCUT2D eigenvalue weighted by molar-refractivity contribution is 5.22. The van der Waals surface area contributed by atoms with Gasteiger partial charge in [-0.1, -0.05) is 6.07 Å². The molecule has 1 saturated heterocycles. The lowest BCUT2D eigenvalue weighted by atomic mass is 10.1. The van der Waals surface area contributed by atoms with Crippen LogP contribution in [0.5, 0.6) is 0 Å². The summed E-state index contributed by atoms with van der Waals surface area (Å²) in [6.45, 7) is 5.77. The Balaban J connectivity index is 2.04. The maximum absolute atomic E-state index is 13.7. The summed E-state index contributed by atoms with van der Waals surface area (Å²) in [5.41, 5.74) is 6.49. The van der Waals surface area contributed by atoms with Crippen molar-refractivity contribution in [2.24, 2.45) is 5.73 Å². The summed E-state index contributed by atoms with van der Waals surface area (Å²) in [4.78, 5) is 4.59. The Labute approximate surface area is 119 Å². The SMILES string of the molecule is CC1CN(C)CCCN1CC(N)c1ccc(F)cc1F. The van der Waals surface area contributed by atoms with Gasteiger partial charge in [-0.05, 0) is 39.5 Å². The molecule has 5 heteroatoms. The zero-order valence-electron chi connectivity index (χ0n) is 12.1. The predicted molar refractivity (Wildman–Crippen MR) is 76.4 cm³/mol. The van der Waals surface area contributed by atoms with Crippen LogP contribution in [0.15, 0.2) is 18.2 Å². The molecule has 1 heterocycles. The molecule has 0 spiro atoms. The first-order valence-corrected chi connectivity index (χ1v) is 7.10. The van der Waals surface area contributed by atoms with Gasteiger partial charge in [0.1, 0.15) is 11.6 Å². The van der Waals surface area contributed by atoms with Crippen molar-refractivity contribution in [1.82, 2.24) is 9.80 Å². The molecule has 0 amide bonds. The molecule has 2 unspecified atom stereocenters. The molecule has 2 rings (SSSR count). The van der Waals surface area contributed by atoms with E-state index in [1.165, 1.54) is 12.1 Å². The van der Waals surface area contributed by atoms with Crippen LogP contribution in [0.25, 0.3) is 0 Å². The molecular weight excluding hydrogens is 260 g/mol. The Morgan fingerprint density at radius 3 is 2.80 bits per heavy atom. The van der Waals surface area contributed by atoms with Gasteiger partial charge in [0, 0.05) is 36.8 Å². The number of hydrogen-bond donors (Lipinski definition) is 1. The first kappa shape index (κ1) is 15.4.